The number of carbonyl (C=O) groups excluding carboxylic acids is 3. The molecule has 13 heteroatoms. The molecule has 286 valence electrons. The van der Waals surface area contributed by atoms with E-state index in [9.17, 15) is 14.4 Å². The number of H-pyrrole nitrogens is 2. The Morgan fingerprint density at radius 1 is 0.836 bits per heavy atom. The summed E-state index contributed by atoms with van der Waals surface area (Å²) in [6.45, 7) is 6.85. The molecule has 13 nitrogen and oxygen atoms in total. The maximum absolute atomic E-state index is 14.3. The Bertz CT molecular complexity index is 2360. The van der Waals surface area contributed by atoms with Crippen molar-refractivity contribution in [1.82, 2.24) is 35.1 Å². The first kappa shape index (κ1) is 34.3. The Kier molecular flexibility index (Phi) is 7.92. The van der Waals surface area contributed by atoms with Gasteiger partial charge in [0, 0.05) is 30.7 Å². The van der Waals surface area contributed by atoms with Gasteiger partial charge in [-0.25, -0.2) is 19.6 Å². The third-order valence-corrected chi connectivity index (χ3v) is 12.5. The highest BCUT2D eigenvalue weighted by Crippen LogP contribution is 2.55. The van der Waals surface area contributed by atoms with Crippen LogP contribution in [0.5, 0.6) is 0 Å². The van der Waals surface area contributed by atoms with Crippen molar-refractivity contribution >= 4 is 50.9 Å². The third kappa shape index (κ3) is 6.07. The molecule has 0 unspecified atom stereocenters. The quantitative estimate of drug-likeness (QED) is 0.166. The zero-order valence-electron chi connectivity index (χ0n) is 31.6. The number of nitrogens with one attached hydrogen (secondary N) is 3. The van der Waals surface area contributed by atoms with E-state index in [0.29, 0.717) is 37.9 Å². The molecule has 5 aromatic rings. The van der Waals surface area contributed by atoms with Crippen molar-refractivity contribution in [3.63, 3.8) is 0 Å². The molecule has 5 heterocycles. The average molecular weight is 746 g/mol. The minimum absolute atomic E-state index is 0.0176. The van der Waals surface area contributed by atoms with E-state index in [1.54, 1.807) is 0 Å². The second-order valence-electron chi connectivity index (χ2n) is 17.2. The summed E-state index contributed by atoms with van der Waals surface area (Å²) in [5.74, 6) is 2.44. The van der Waals surface area contributed by atoms with Crippen LogP contribution >= 0.6 is 0 Å². The third-order valence-electron chi connectivity index (χ3n) is 12.5. The second-order valence-corrected chi connectivity index (χ2v) is 17.2. The van der Waals surface area contributed by atoms with E-state index in [2.05, 4.69) is 57.7 Å². The summed E-state index contributed by atoms with van der Waals surface area (Å²) in [4.78, 5) is 61.0. The molecule has 10 rings (SSSR count). The number of likely N-dealkylation sites (tertiary alicyclic amines) is 2. The van der Waals surface area contributed by atoms with Crippen molar-refractivity contribution in [3.8, 4) is 11.1 Å². The van der Waals surface area contributed by atoms with Gasteiger partial charge in [-0.15, -0.1) is 0 Å². The van der Waals surface area contributed by atoms with Crippen molar-refractivity contribution in [2.45, 2.75) is 95.1 Å². The van der Waals surface area contributed by atoms with Crippen LogP contribution in [0.15, 0.2) is 48.5 Å². The average Bonchev–Trinajstić information content (AvgIpc) is 3.82. The Labute approximate surface area is 318 Å². The molecule has 3 aromatic carbocycles. The predicted octanol–water partition coefficient (Wildman–Crippen LogP) is 7.14. The highest BCUT2D eigenvalue weighted by atomic mass is 16.6. The molecule has 0 bridgehead atoms. The highest BCUT2D eigenvalue weighted by Gasteiger charge is 2.57. The number of piperidine rings is 2. The fourth-order valence-electron chi connectivity index (χ4n) is 9.60. The van der Waals surface area contributed by atoms with E-state index in [4.69, 9.17) is 24.2 Å². The van der Waals surface area contributed by atoms with Gasteiger partial charge in [0.15, 0.2) is 0 Å². The lowest BCUT2D eigenvalue weighted by atomic mass is 9.90. The van der Waals surface area contributed by atoms with Crippen molar-refractivity contribution in [3.05, 3.63) is 60.2 Å². The van der Waals surface area contributed by atoms with Crippen molar-refractivity contribution in [2.75, 3.05) is 20.3 Å². The summed E-state index contributed by atoms with van der Waals surface area (Å²) in [7, 11) is 1.33. The Morgan fingerprint density at radius 2 is 1.51 bits per heavy atom. The number of hydrogen-bond donors (Lipinski definition) is 3. The predicted molar refractivity (Wildman–Crippen MR) is 205 cm³/mol. The zero-order chi connectivity index (χ0) is 37.7. The number of fused-ring (bicyclic) bond motifs is 6. The molecule has 3 N–H and O–H groups in total. The molecule has 5 aliphatic rings. The van der Waals surface area contributed by atoms with Gasteiger partial charge < -0.3 is 34.4 Å². The topological polar surface area (TPSA) is 155 Å². The van der Waals surface area contributed by atoms with E-state index in [-0.39, 0.29) is 42.1 Å². The number of nitrogens with zero attached hydrogens (tertiary/aromatic N) is 4. The molecular weight excluding hydrogens is 699 g/mol. The number of aromatic nitrogens is 4. The molecule has 3 aliphatic heterocycles. The molecule has 55 heavy (non-hydrogen) atoms. The van der Waals surface area contributed by atoms with Crippen LogP contribution in [0.2, 0.25) is 0 Å². The molecule has 5 fully saturated rings. The van der Waals surface area contributed by atoms with Crippen LogP contribution in [0.3, 0.4) is 0 Å². The molecule has 2 aliphatic carbocycles. The zero-order valence-corrected chi connectivity index (χ0v) is 31.6. The summed E-state index contributed by atoms with van der Waals surface area (Å²) in [6, 6.07) is 16.3. The van der Waals surface area contributed by atoms with Crippen LogP contribution in [0.4, 0.5) is 9.59 Å². The lowest BCUT2D eigenvalue weighted by Crippen LogP contribution is -2.54. The number of methoxy groups -OCH3 is 1. The summed E-state index contributed by atoms with van der Waals surface area (Å²) in [6.07, 6.45) is 4.29. The Morgan fingerprint density at radius 3 is 2.25 bits per heavy atom. The van der Waals surface area contributed by atoms with Crippen molar-refractivity contribution in [2.24, 2.45) is 17.8 Å². The van der Waals surface area contributed by atoms with Gasteiger partial charge in [-0.05, 0) is 118 Å². The number of imidazole rings is 2. The fourth-order valence-corrected chi connectivity index (χ4v) is 9.60. The van der Waals surface area contributed by atoms with Crippen LogP contribution in [0, 0.1) is 17.8 Å². The van der Waals surface area contributed by atoms with Gasteiger partial charge in [0.05, 0.1) is 41.3 Å². The Hall–Kier alpha value is -5.17. The first-order valence-corrected chi connectivity index (χ1v) is 19.7. The first-order chi connectivity index (χ1) is 26.5. The van der Waals surface area contributed by atoms with Gasteiger partial charge in [0.1, 0.15) is 23.3 Å². The van der Waals surface area contributed by atoms with Gasteiger partial charge in [-0.3, -0.25) is 9.69 Å². The van der Waals surface area contributed by atoms with Crippen LogP contribution < -0.4 is 5.32 Å². The van der Waals surface area contributed by atoms with Crippen molar-refractivity contribution in [1.29, 1.82) is 0 Å². The molecule has 2 saturated carbocycles. The lowest BCUT2D eigenvalue weighted by molar-refractivity contribution is -0.138. The van der Waals surface area contributed by atoms with E-state index in [0.717, 1.165) is 81.3 Å². The maximum atomic E-state index is 14.3. The fraction of sp³-hybridized carbons (Fsp3) is 0.500. The van der Waals surface area contributed by atoms with Gasteiger partial charge in [-0.2, -0.15) is 0 Å². The molecule has 2 aromatic heterocycles. The molecule has 0 spiro atoms. The number of aromatic amines is 2. The van der Waals surface area contributed by atoms with E-state index < -0.39 is 17.7 Å². The monoisotopic (exact) mass is 745 g/mol. The smallest absolute Gasteiger partial charge is 0.411 e. The summed E-state index contributed by atoms with van der Waals surface area (Å²) in [5, 5.41) is 4.97. The minimum Gasteiger partial charge on any atom is -0.453 e. The normalized spacial score (nSPS) is 26.6. The van der Waals surface area contributed by atoms with E-state index in [1.165, 1.54) is 7.11 Å². The minimum atomic E-state index is -0.672. The second kappa shape index (κ2) is 12.7. The number of amides is 3. The van der Waals surface area contributed by atoms with Gasteiger partial charge in [0.25, 0.3) is 0 Å². The maximum Gasteiger partial charge on any atom is 0.411 e. The number of rotatable bonds is 6. The van der Waals surface area contributed by atoms with Crippen LogP contribution in [-0.4, -0.2) is 91.9 Å². The summed E-state index contributed by atoms with van der Waals surface area (Å²) >= 11 is 0. The van der Waals surface area contributed by atoms with Gasteiger partial charge >= 0.3 is 12.2 Å². The number of hydrogen-bond acceptors (Lipinski definition) is 8. The molecule has 3 amide bonds. The summed E-state index contributed by atoms with van der Waals surface area (Å²) in [5.41, 5.74) is 5.17. The number of carbonyl (C=O) groups is 3. The largest absolute Gasteiger partial charge is 0.453 e. The standard InChI is InChI=1S/C42H47N7O6/c1-42(2,3)55-41(52)49-32-18-26(32)20-34(49)37-43-28-9-6-23(16-30(28)45-37)22-5-8-27-24(15-22)7-10-29-36(27)46-38(44-29)33-19-25-17-31(25)48(33)39(50)35(47-40(51)53-4)21-11-13-54-14-12-21/h5-10,15-16,21,25-26,31-35H,11-14,17-20H2,1-4H3,(H,43,45)(H,44,46)(H,47,51)/t25-,26-,31-,32-,33+,34+,35+/m1/s1. The van der Waals surface area contributed by atoms with Crippen LogP contribution in [0.25, 0.3) is 44.0 Å². The van der Waals surface area contributed by atoms with E-state index in [1.807, 2.05) is 36.6 Å². The first-order valence-electron chi connectivity index (χ1n) is 19.7. The molecule has 7 atom stereocenters. The van der Waals surface area contributed by atoms with Crippen LogP contribution in [0.1, 0.15) is 83.0 Å². The molecule has 0 radical (unpaired) electrons. The lowest BCUT2D eigenvalue weighted by Gasteiger charge is -2.35. The van der Waals surface area contributed by atoms with Crippen molar-refractivity contribution < 1.29 is 28.6 Å². The molecular formula is C42H47N7O6. The Balaban J connectivity index is 0.916. The number of benzene rings is 3. The van der Waals surface area contributed by atoms with Crippen LogP contribution in [-0.2, 0) is 19.0 Å². The van der Waals surface area contributed by atoms with Gasteiger partial charge in [-0.1, -0.05) is 24.3 Å². The number of alkyl carbamates (subject to hydrolysis) is 1. The van der Waals surface area contributed by atoms with Gasteiger partial charge in [0.2, 0.25) is 5.91 Å². The molecule has 3 saturated heterocycles. The SMILES string of the molecule is COC(=O)N[C@H](C(=O)N1[C@@H]2C[C@@H]2C[C@H]1c1nc2c(ccc3cc(-c4ccc5nc([C@@H]6C[C@H]7C[C@H]7N6C(=O)OC(C)(C)C)[nH]c5c4)ccc32)[nH]1)C1CCOCC1. The van der Waals surface area contributed by atoms with E-state index >= 15 is 0 Å². The summed E-state index contributed by atoms with van der Waals surface area (Å²) < 4.78 is 16.3. The number of ether oxygens (including phenoxy) is 3. The highest BCUT2D eigenvalue weighted by molar-refractivity contribution is 6.05.